The predicted octanol–water partition coefficient (Wildman–Crippen LogP) is 5.25. The van der Waals surface area contributed by atoms with Crippen LogP contribution in [0.25, 0.3) is 6.08 Å². The molecular weight excluding hydrogens is 304 g/mol. The van der Waals surface area contributed by atoms with Crippen LogP contribution >= 0.6 is 0 Å². The fourth-order valence-electron chi connectivity index (χ4n) is 2.82. The summed E-state index contributed by atoms with van der Waals surface area (Å²) in [7, 11) is 4.21. The Hall–Kier alpha value is -3.00. The second kappa shape index (κ2) is 8.20. The van der Waals surface area contributed by atoms with Crippen LogP contribution in [0.4, 0.5) is 5.69 Å². The SMILES string of the molecule is CN(/C(=C/c1ccccc1)Cc1ccccc1)N(C)c1ccccc1. The van der Waals surface area contributed by atoms with Crippen molar-refractivity contribution in [2.24, 2.45) is 0 Å². The third-order valence-corrected chi connectivity index (χ3v) is 4.36. The van der Waals surface area contributed by atoms with Gasteiger partial charge in [0.25, 0.3) is 0 Å². The van der Waals surface area contributed by atoms with Gasteiger partial charge in [-0.05, 0) is 29.3 Å². The Kier molecular flexibility index (Phi) is 5.53. The molecule has 0 saturated heterocycles. The maximum atomic E-state index is 2.26. The molecule has 0 aliphatic rings. The first-order valence-corrected chi connectivity index (χ1v) is 8.56. The molecule has 126 valence electrons. The molecule has 3 aromatic carbocycles. The number of anilines is 1. The number of para-hydroxylation sites is 1. The molecule has 3 rings (SSSR count). The molecule has 0 fully saturated rings. The third kappa shape index (κ3) is 4.51. The van der Waals surface area contributed by atoms with Crippen molar-refractivity contribution in [1.29, 1.82) is 0 Å². The normalized spacial score (nSPS) is 11.2. The van der Waals surface area contributed by atoms with Crippen molar-refractivity contribution in [1.82, 2.24) is 5.01 Å². The highest BCUT2D eigenvalue weighted by Gasteiger charge is 2.12. The van der Waals surface area contributed by atoms with E-state index in [1.165, 1.54) is 16.8 Å². The summed E-state index contributed by atoms with van der Waals surface area (Å²) in [4.78, 5) is 0. The molecule has 2 heteroatoms. The molecule has 25 heavy (non-hydrogen) atoms. The van der Waals surface area contributed by atoms with E-state index in [1.807, 2.05) is 12.1 Å². The van der Waals surface area contributed by atoms with Crippen molar-refractivity contribution in [2.45, 2.75) is 6.42 Å². The largest absolute Gasteiger partial charge is 0.292 e. The summed E-state index contributed by atoms with van der Waals surface area (Å²) in [6.45, 7) is 0. The van der Waals surface area contributed by atoms with Gasteiger partial charge < -0.3 is 0 Å². The second-order valence-electron chi connectivity index (χ2n) is 6.09. The molecule has 0 atom stereocenters. The molecule has 0 N–H and O–H groups in total. The molecule has 0 amide bonds. The van der Waals surface area contributed by atoms with Crippen LogP contribution in [0.1, 0.15) is 11.1 Å². The van der Waals surface area contributed by atoms with Gasteiger partial charge >= 0.3 is 0 Å². The van der Waals surface area contributed by atoms with Gasteiger partial charge in [-0.15, -0.1) is 0 Å². The molecule has 0 heterocycles. The predicted molar refractivity (Wildman–Crippen MR) is 107 cm³/mol. The summed E-state index contributed by atoms with van der Waals surface area (Å²) in [6, 6.07) is 31.5. The maximum absolute atomic E-state index is 2.26. The van der Waals surface area contributed by atoms with Crippen LogP contribution in [-0.4, -0.2) is 19.1 Å². The number of rotatable bonds is 6. The maximum Gasteiger partial charge on any atom is 0.0570 e. The fraction of sp³-hybridized carbons (Fsp3) is 0.130. The second-order valence-corrected chi connectivity index (χ2v) is 6.09. The molecule has 0 radical (unpaired) electrons. The number of hydrazine groups is 1. The summed E-state index contributed by atoms with van der Waals surface area (Å²) < 4.78 is 0. The lowest BCUT2D eigenvalue weighted by Crippen LogP contribution is -2.36. The minimum Gasteiger partial charge on any atom is -0.292 e. The van der Waals surface area contributed by atoms with Gasteiger partial charge in [-0.25, -0.2) is 0 Å². The molecule has 0 aliphatic heterocycles. The highest BCUT2D eigenvalue weighted by Crippen LogP contribution is 2.21. The van der Waals surface area contributed by atoms with Gasteiger partial charge in [0.1, 0.15) is 0 Å². The van der Waals surface area contributed by atoms with Crippen LogP contribution in [0.15, 0.2) is 96.7 Å². The number of allylic oxidation sites excluding steroid dienone is 1. The summed E-state index contributed by atoms with van der Waals surface area (Å²) in [5.74, 6) is 0. The first kappa shape index (κ1) is 16.8. The van der Waals surface area contributed by atoms with E-state index < -0.39 is 0 Å². The highest BCUT2D eigenvalue weighted by atomic mass is 15.6. The quantitative estimate of drug-likeness (QED) is 0.570. The van der Waals surface area contributed by atoms with Crippen LogP contribution in [0.2, 0.25) is 0 Å². The third-order valence-electron chi connectivity index (χ3n) is 4.36. The van der Waals surface area contributed by atoms with Gasteiger partial charge in [0.05, 0.1) is 5.69 Å². The number of benzene rings is 3. The zero-order valence-electron chi connectivity index (χ0n) is 14.8. The Bertz CT molecular complexity index is 795. The highest BCUT2D eigenvalue weighted by molar-refractivity contribution is 5.54. The smallest absolute Gasteiger partial charge is 0.0570 e. The van der Waals surface area contributed by atoms with Gasteiger partial charge in [0.2, 0.25) is 0 Å². The van der Waals surface area contributed by atoms with Gasteiger partial charge in [0, 0.05) is 26.2 Å². The van der Waals surface area contributed by atoms with Gasteiger partial charge in [-0.1, -0.05) is 78.9 Å². The van der Waals surface area contributed by atoms with Crippen LogP contribution in [0.5, 0.6) is 0 Å². The molecule has 0 unspecified atom stereocenters. The van der Waals surface area contributed by atoms with E-state index in [4.69, 9.17) is 0 Å². The van der Waals surface area contributed by atoms with E-state index in [0.717, 1.165) is 12.1 Å². The zero-order valence-corrected chi connectivity index (χ0v) is 14.8. The number of likely N-dealkylation sites (N-methyl/N-ethyl adjacent to an activating group) is 1. The monoisotopic (exact) mass is 328 g/mol. The van der Waals surface area contributed by atoms with Crippen LogP contribution < -0.4 is 5.01 Å². The Morgan fingerprint density at radius 2 is 1.24 bits per heavy atom. The van der Waals surface area contributed by atoms with Gasteiger partial charge in [-0.3, -0.25) is 10.0 Å². The summed E-state index contributed by atoms with van der Waals surface area (Å²) in [6.07, 6.45) is 3.13. The average molecular weight is 328 g/mol. The lowest BCUT2D eigenvalue weighted by Gasteiger charge is -2.34. The molecule has 3 aromatic rings. The summed E-state index contributed by atoms with van der Waals surface area (Å²) in [5.41, 5.74) is 4.92. The lowest BCUT2D eigenvalue weighted by molar-refractivity contribution is 0.400. The van der Waals surface area contributed by atoms with E-state index in [1.54, 1.807) is 0 Å². The van der Waals surface area contributed by atoms with Crippen LogP contribution in [0, 0.1) is 0 Å². The Labute approximate surface area is 150 Å². The van der Waals surface area contributed by atoms with Crippen molar-refractivity contribution in [3.8, 4) is 0 Å². The topological polar surface area (TPSA) is 6.48 Å². The molecule has 2 nitrogen and oxygen atoms in total. The lowest BCUT2D eigenvalue weighted by atomic mass is 10.1. The average Bonchev–Trinajstić information content (AvgIpc) is 2.68. The Balaban J connectivity index is 1.91. The molecule has 0 spiro atoms. The minimum atomic E-state index is 0.878. The summed E-state index contributed by atoms with van der Waals surface area (Å²) in [5, 5.41) is 4.40. The number of nitrogens with zero attached hydrogens (tertiary/aromatic N) is 2. The Morgan fingerprint density at radius 1 is 0.720 bits per heavy atom. The van der Waals surface area contributed by atoms with Crippen molar-refractivity contribution >= 4 is 11.8 Å². The number of hydrogen-bond acceptors (Lipinski definition) is 2. The standard InChI is InChI=1S/C23H24N2/c1-24(22-16-10-5-11-17-22)25(2)23(18-20-12-6-3-7-13-20)19-21-14-8-4-9-15-21/h3-18H,19H2,1-2H3/b23-18+. The van der Waals surface area contributed by atoms with E-state index in [2.05, 4.69) is 109 Å². The van der Waals surface area contributed by atoms with E-state index in [-0.39, 0.29) is 0 Å². The first-order chi connectivity index (χ1) is 12.2. The van der Waals surface area contributed by atoms with Crippen molar-refractivity contribution in [3.63, 3.8) is 0 Å². The van der Waals surface area contributed by atoms with Crippen LogP contribution in [-0.2, 0) is 6.42 Å². The van der Waals surface area contributed by atoms with E-state index in [9.17, 15) is 0 Å². The van der Waals surface area contributed by atoms with E-state index in [0.29, 0.717) is 0 Å². The van der Waals surface area contributed by atoms with Crippen molar-refractivity contribution in [2.75, 3.05) is 19.1 Å². The van der Waals surface area contributed by atoms with Crippen molar-refractivity contribution in [3.05, 3.63) is 108 Å². The van der Waals surface area contributed by atoms with Crippen molar-refractivity contribution < 1.29 is 0 Å². The summed E-state index contributed by atoms with van der Waals surface area (Å²) >= 11 is 0. The number of hydrogen-bond donors (Lipinski definition) is 0. The fourth-order valence-corrected chi connectivity index (χ4v) is 2.82. The molecule has 0 saturated carbocycles. The molecule has 0 aliphatic carbocycles. The van der Waals surface area contributed by atoms with Gasteiger partial charge in [0.15, 0.2) is 0 Å². The van der Waals surface area contributed by atoms with Gasteiger partial charge in [-0.2, -0.15) is 0 Å². The first-order valence-electron chi connectivity index (χ1n) is 8.56. The Morgan fingerprint density at radius 3 is 1.84 bits per heavy atom. The molecule has 0 bridgehead atoms. The molecular formula is C23H24N2. The zero-order chi connectivity index (χ0) is 17.5. The molecule has 0 aromatic heterocycles. The van der Waals surface area contributed by atoms with Crippen LogP contribution in [0.3, 0.4) is 0 Å². The van der Waals surface area contributed by atoms with E-state index >= 15 is 0 Å². The minimum absolute atomic E-state index is 0.878.